The van der Waals surface area contributed by atoms with Crippen molar-refractivity contribution in [2.24, 2.45) is 5.92 Å². The second-order valence-electron chi connectivity index (χ2n) is 3.11. The van der Waals surface area contributed by atoms with Gasteiger partial charge in [0.15, 0.2) is 5.78 Å². The average Bonchev–Trinajstić information content (AvgIpc) is 2.18. The quantitative estimate of drug-likeness (QED) is 0.463. The monoisotopic (exact) mass is 244 g/mol. The summed E-state index contributed by atoms with van der Waals surface area (Å²) in [4.78, 5) is 22.9. The summed E-state index contributed by atoms with van der Waals surface area (Å²) in [5.74, 6) is -1.12. The number of Topliss-reactive ketones (excluding diaryl/α,β-unsaturated/α-hetero) is 1. The summed E-state index contributed by atoms with van der Waals surface area (Å²) in [7, 11) is 0. The lowest BCUT2D eigenvalue weighted by Crippen LogP contribution is -2.20. The molecule has 15 heavy (non-hydrogen) atoms. The van der Waals surface area contributed by atoms with Crippen molar-refractivity contribution in [3.8, 4) is 0 Å². The largest absolute Gasteiger partial charge is 0.293 e. The van der Waals surface area contributed by atoms with Crippen LogP contribution in [0, 0.1) is 5.92 Å². The summed E-state index contributed by atoms with van der Waals surface area (Å²) in [6.45, 7) is 1.74. The topological polar surface area (TPSA) is 34.1 Å². The van der Waals surface area contributed by atoms with Crippen LogP contribution in [0.5, 0.6) is 0 Å². The van der Waals surface area contributed by atoms with Crippen molar-refractivity contribution in [1.29, 1.82) is 0 Å². The third kappa shape index (κ3) is 2.80. The Kier molecular flexibility index (Phi) is 4.30. The van der Waals surface area contributed by atoms with Gasteiger partial charge >= 0.3 is 0 Å². The molecule has 0 aromatic heterocycles. The number of hydrogen-bond donors (Lipinski definition) is 0. The lowest BCUT2D eigenvalue weighted by atomic mass is 9.96. The van der Waals surface area contributed by atoms with Gasteiger partial charge in [0.25, 0.3) is 0 Å². The number of carbonyl (C=O) groups is 2. The molecular weight excluding hydrogens is 235 g/mol. The Balaban J connectivity index is 3.03. The van der Waals surface area contributed by atoms with Crippen LogP contribution in [0.3, 0.4) is 0 Å². The van der Waals surface area contributed by atoms with E-state index in [-0.39, 0.29) is 5.78 Å². The number of benzene rings is 1. The van der Waals surface area contributed by atoms with Crippen LogP contribution in [0.4, 0.5) is 0 Å². The predicted octanol–water partition coefficient (Wildman–Crippen LogP) is 3.31. The van der Waals surface area contributed by atoms with Gasteiger partial charge in [-0.2, -0.15) is 0 Å². The number of ketones is 1. The molecule has 2 nitrogen and oxygen atoms in total. The lowest BCUT2D eigenvalue weighted by Gasteiger charge is -2.09. The number of carbonyl (C=O) groups excluding carboxylic acids is 2. The van der Waals surface area contributed by atoms with Crippen LogP contribution in [0.25, 0.3) is 0 Å². The molecule has 1 aromatic carbocycles. The minimum Gasteiger partial charge on any atom is -0.293 e. The van der Waals surface area contributed by atoms with E-state index in [9.17, 15) is 9.59 Å². The number of hydrogen-bond acceptors (Lipinski definition) is 2. The maximum atomic E-state index is 11.8. The van der Waals surface area contributed by atoms with Gasteiger partial charge in [0.05, 0.1) is 10.9 Å². The van der Waals surface area contributed by atoms with Gasteiger partial charge in [0, 0.05) is 5.56 Å². The Hall–Kier alpha value is -0.860. The fraction of sp³-hybridized carbons (Fsp3) is 0.273. The maximum absolute atomic E-state index is 11.8. The Morgan fingerprint density at radius 1 is 1.33 bits per heavy atom. The average molecular weight is 245 g/mol. The Bertz CT molecular complexity index is 388. The molecule has 1 rings (SSSR count). The van der Waals surface area contributed by atoms with Crippen LogP contribution in [0.15, 0.2) is 24.3 Å². The van der Waals surface area contributed by atoms with Crippen molar-refractivity contribution < 1.29 is 9.59 Å². The molecule has 0 saturated carbocycles. The van der Waals surface area contributed by atoms with Crippen LogP contribution in [-0.2, 0) is 4.79 Å². The Morgan fingerprint density at radius 2 is 1.93 bits per heavy atom. The van der Waals surface area contributed by atoms with E-state index in [2.05, 4.69) is 0 Å². The Labute approximate surface area is 98.2 Å². The molecule has 1 aromatic rings. The van der Waals surface area contributed by atoms with Crippen molar-refractivity contribution in [1.82, 2.24) is 0 Å². The zero-order chi connectivity index (χ0) is 11.4. The van der Waals surface area contributed by atoms with Crippen molar-refractivity contribution in [2.45, 2.75) is 13.3 Å². The van der Waals surface area contributed by atoms with Crippen LogP contribution in [0.2, 0.25) is 5.02 Å². The zero-order valence-electron chi connectivity index (χ0n) is 8.17. The highest BCUT2D eigenvalue weighted by molar-refractivity contribution is 6.66. The molecule has 0 spiro atoms. The predicted molar refractivity (Wildman–Crippen MR) is 60.4 cm³/mol. The van der Waals surface area contributed by atoms with Gasteiger partial charge in [-0.15, -0.1) is 0 Å². The minimum absolute atomic E-state index is 0.317. The van der Waals surface area contributed by atoms with Crippen LogP contribution >= 0.6 is 23.2 Å². The summed E-state index contributed by atoms with van der Waals surface area (Å²) < 4.78 is 0. The fourth-order valence-corrected chi connectivity index (χ4v) is 1.78. The van der Waals surface area contributed by atoms with Gasteiger partial charge in [0.1, 0.15) is 0 Å². The van der Waals surface area contributed by atoms with Gasteiger partial charge in [-0.1, -0.05) is 30.7 Å². The van der Waals surface area contributed by atoms with Crippen molar-refractivity contribution >= 4 is 34.2 Å². The van der Waals surface area contributed by atoms with Gasteiger partial charge in [-0.05, 0) is 30.2 Å². The van der Waals surface area contributed by atoms with Gasteiger partial charge in [-0.25, -0.2) is 0 Å². The first-order chi connectivity index (χ1) is 7.07. The van der Waals surface area contributed by atoms with E-state index in [0.717, 1.165) is 0 Å². The normalized spacial score (nSPS) is 12.2. The summed E-state index contributed by atoms with van der Waals surface area (Å²) in [5, 5.41) is -0.290. The fourth-order valence-electron chi connectivity index (χ4n) is 1.30. The third-order valence-corrected chi connectivity index (χ3v) is 2.73. The van der Waals surface area contributed by atoms with E-state index in [4.69, 9.17) is 23.2 Å². The van der Waals surface area contributed by atoms with Gasteiger partial charge in [0.2, 0.25) is 5.24 Å². The summed E-state index contributed by atoms with van der Waals surface area (Å²) in [6.07, 6.45) is 0.381. The van der Waals surface area contributed by atoms with E-state index in [1.165, 1.54) is 0 Å². The summed E-state index contributed by atoms with van der Waals surface area (Å²) >= 11 is 11.2. The van der Waals surface area contributed by atoms with Crippen molar-refractivity contribution in [3.63, 3.8) is 0 Å². The number of rotatable bonds is 4. The minimum atomic E-state index is -0.799. The van der Waals surface area contributed by atoms with E-state index < -0.39 is 11.2 Å². The molecule has 0 aliphatic carbocycles. The third-order valence-electron chi connectivity index (χ3n) is 2.14. The highest BCUT2D eigenvalue weighted by Crippen LogP contribution is 2.21. The first-order valence-corrected chi connectivity index (χ1v) is 5.31. The lowest BCUT2D eigenvalue weighted by molar-refractivity contribution is -0.113. The molecule has 1 atom stereocenters. The van der Waals surface area contributed by atoms with Crippen LogP contribution in [-0.4, -0.2) is 11.0 Å². The van der Waals surface area contributed by atoms with Gasteiger partial charge < -0.3 is 0 Å². The first kappa shape index (κ1) is 12.2. The SMILES string of the molecule is CCC(C(=O)Cl)C(=O)c1ccccc1Cl. The molecule has 0 aliphatic heterocycles. The molecule has 1 unspecified atom stereocenters. The molecule has 0 amide bonds. The smallest absolute Gasteiger partial charge is 0.232 e. The summed E-state index contributed by atoms with van der Waals surface area (Å²) in [6, 6.07) is 6.63. The molecular formula is C11H10Cl2O2. The van der Waals surface area contributed by atoms with Crippen molar-refractivity contribution in [3.05, 3.63) is 34.9 Å². The second kappa shape index (κ2) is 5.29. The maximum Gasteiger partial charge on any atom is 0.232 e. The van der Waals surface area contributed by atoms with Crippen LogP contribution in [0.1, 0.15) is 23.7 Å². The standard InChI is InChI=1S/C11H10Cl2O2/c1-2-7(11(13)15)10(14)8-5-3-4-6-9(8)12/h3-7H,2H2,1H3. The molecule has 0 fully saturated rings. The molecule has 80 valence electrons. The molecule has 0 saturated heterocycles. The zero-order valence-corrected chi connectivity index (χ0v) is 9.68. The highest BCUT2D eigenvalue weighted by Gasteiger charge is 2.25. The molecule has 0 aliphatic rings. The molecule has 0 heterocycles. The van der Waals surface area contributed by atoms with E-state index in [1.54, 1.807) is 31.2 Å². The van der Waals surface area contributed by atoms with E-state index >= 15 is 0 Å². The molecule has 0 N–H and O–H groups in total. The first-order valence-electron chi connectivity index (χ1n) is 4.56. The van der Waals surface area contributed by atoms with E-state index in [1.807, 2.05) is 0 Å². The Morgan fingerprint density at radius 3 is 2.40 bits per heavy atom. The molecule has 0 bridgehead atoms. The van der Waals surface area contributed by atoms with Gasteiger partial charge in [-0.3, -0.25) is 9.59 Å². The highest BCUT2D eigenvalue weighted by atomic mass is 35.5. The number of halogens is 2. The van der Waals surface area contributed by atoms with E-state index in [0.29, 0.717) is 17.0 Å². The van der Waals surface area contributed by atoms with Crippen LogP contribution < -0.4 is 0 Å². The molecule has 0 radical (unpaired) electrons. The van der Waals surface area contributed by atoms with Crippen molar-refractivity contribution in [2.75, 3.05) is 0 Å². The molecule has 4 heteroatoms. The summed E-state index contributed by atoms with van der Waals surface area (Å²) in [5.41, 5.74) is 0.347. The second-order valence-corrected chi connectivity index (χ2v) is 3.89.